The summed E-state index contributed by atoms with van der Waals surface area (Å²) in [5, 5.41) is 12.5. The molecule has 23 heavy (non-hydrogen) atoms. The van der Waals surface area contributed by atoms with Gasteiger partial charge in [-0.25, -0.2) is 0 Å². The minimum atomic E-state index is -0.168. The van der Waals surface area contributed by atoms with Crippen LogP contribution in [0.3, 0.4) is 0 Å². The van der Waals surface area contributed by atoms with Crippen LogP contribution >= 0.6 is 0 Å². The number of aliphatic hydroxyl groups excluding tert-OH is 1. The molecule has 0 spiro atoms. The second-order valence-electron chi connectivity index (χ2n) is 6.51. The first kappa shape index (κ1) is 18.0. The van der Waals surface area contributed by atoms with Gasteiger partial charge in [-0.15, -0.1) is 0 Å². The zero-order chi connectivity index (χ0) is 16.8. The zero-order valence-electron chi connectivity index (χ0n) is 14.6. The largest absolute Gasteiger partial charge is 0.396 e. The van der Waals surface area contributed by atoms with Crippen molar-refractivity contribution in [1.82, 2.24) is 4.90 Å². The molecule has 1 fully saturated rings. The Labute approximate surface area is 139 Å². The topological polar surface area (TPSA) is 52.6 Å². The number of anilines is 1. The molecule has 0 bridgehead atoms. The number of carbonyl (C=O) groups excluding carboxylic acids is 1. The van der Waals surface area contributed by atoms with Gasteiger partial charge in [0.25, 0.3) is 0 Å². The highest BCUT2D eigenvalue weighted by atomic mass is 16.3. The monoisotopic (exact) mass is 318 g/mol. The smallest absolute Gasteiger partial charge is 0.241 e. The van der Waals surface area contributed by atoms with Gasteiger partial charge < -0.3 is 10.4 Å². The average Bonchev–Trinajstić information content (AvgIpc) is 2.61. The Hall–Kier alpha value is -1.39. The number of para-hydroxylation sites is 1. The highest BCUT2D eigenvalue weighted by molar-refractivity contribution is 5.96. The Balaban J connectivity index is 2.09. The third-order valence-electron chi connectivity index (χ3n) is 4.98. The van der Waals surface area contributed by atoms with Gasteiger partial charge in [0.15, 0.2) is 0 Å². The molecule has 128 valence electrons. The molecule has 2 unspecified atom stereocenters. The SMILES string of the molecule is CCc1cccc(CC)c1NC(=O)C(C)N1CCCC(CO)C1. The summed E-state index contributed by atoms with van der Waals surface area (Å²) in [6, 6.07) is 6.07. The van der Waals surface area contributed by atoms with Gasteiger partial charge in [-0.1, -0.05) is 32.0 Å². The van der Waals surface area contributed by atoms with Gasteiger partial charge in [-0.2, -0.15) is 0 Å². The Kier molecular flexibility index (Phi) is 6.60. The molecule has 1 saturated heterocycles. The molecular formula is C19H30N2O2. The summed E-state index contributed by atoms with van der Waals surface area (Å²) in [7, 11) is 0. The summed E-state index contributed by atoms with van der Waals surface area (Å²) in [6.07, 6.45) is 3.93. The molecule has 0 radical (unpaired) electrons. The molecule has 1 amide bonds. The molecule has 2 N–H and O–H groups in total. The standard InChI is InChI=1S/C19H30N2O2/c1-4-16-9-6-10-17(5-2)18(16)20-19(23)14(3)21-11-7-8-15(12-21)13-22/h6,9-10,14-15,22H,4-5,7-8,11-13H2,1-3H3,(H,20,23). The minimum absolute atomic E-state index is 0.0548. The van der Waals surface area contributed by atoms with Crippen molar-refractivity contribution in [1.29, 1.82) is 0 Å². The van der Waals surface area contributed by atoms with E-state index in [0.717, 1.165) is 44.5 Å². The Bertz CT molecular complexity index is 508. The third-order valence-corrected chi connectivity index (χ3v) is 4.98. The van der Waals surface area contributed by atoms with Crippen molar-refractivity contribution in [2.24, 2.45) is 5.92 Å². The summed E-state index contributed by atoms with van der Waals surface area (Å²) >= 11 is 0. The Morgan fingerprint density at radius 2 is 2.00 bits per heavy atom. The van der Waals surface area contributed by atoms with Crippen LogP contribution in [0, 0.1) is 5.92 Å². The van der Waals surface area contributed by atoms with Crippen LogP contribution in [0.4, 0.5) is 5.69 Å². The van der Waals surface area contributed by atoms with Crippen LogP contribution in [0.15, 0.2) is 18.2 Å². The molecule has 4 heteroatoms. The average molecular weight is 318 g/mol. The normalized spacial score (nSPS) is 20.3. The lowest BCUT2D eigenvalue weighted by Crippen LogP contribution is -2.47. The van der Waals surface area contributed by atoms with Crippen molar-refractivity contribution in [2.75, 3.05) is 25.0 Å². The number of rotatable bonds is 6. The molecule has 4 nitrogen and oxygen atoms in total. The van der Waals surface area contributed by atoms with Gasteiger partial charge in [0.2, 0.25) is 5.91 Å². The van der Waals surface area contributed by atoms with Crippen molar-refractivity contribution in [3.8, 4) is 0 Å². The second-order valence-corrected chi connectivity index (χ2v) is 6.51. The van der Waals surface area contributed by atoms with Gasteiger partial charge in [-0.3, -0.25) is 9.69 Å². The molecule has 1 aliphatic heterocycles. The maximum Gasteiger partial charge on any atom is 0.241 e. The van der Waals surface area contributed by atoms with E-state index in [1.807, 2.05) is 6.92 Å². The predicted octanol–water partition coefficient (Wildman–Crippen LogP) is 2.84. The van der Waals surface area contributed by atoms with Crippen LogP contribution in [-0.2, 0) is 17.6 Å². The highest BCUT2D eigenvalue weighted by Gasteiger charge is 2.27. The maximum atomic E-state index is 12.7. The van der Waals surface area contributed by atoms with E-state index < -0.39 is 0 Å². The molecule has 0 aromatic heterocycles. The van der Waals surface area contributed by atoms with Crippen LogP contribution in [-0.4, -0.2) is 41.7 Å². The van der Waals surface area contributed by atoms with E-state index in [0.29, 0.717) is 5.92 Å². The first-order valence-corrected chi connectivity index (χ1v) is 8.87. The van der Waals surface area contributed by atoms with E-state index in [9.17, 15) is 9.90 Å². The lowest BCUT2D eigenvalue weighted by atomic mass is 9.97. The van der Waals surface area contributed by atoms with Crippen LogP contribution in [0.1, 0.15) is 44.7 Å². The van der Waals surface area contributed by atoms with Crippen LogP contribution < -0.4 is 5.32 Å². The fraction of sp³-hybridized carbons (Fsp3) is 0.632. The van der Waals surface area contributed by atoms with E-state index in [1.54, 1.807) is 0 Å². The lowest BCUT2D eigenvalue weighted by Gasteiger charge is -2.35. The quantitative estimate of drug-likeness (QED) is 0.848. The van der Waals surface area contributed by atoms with Crippen molar-refractivity contribution in [3.63, 3.8) is 0 Å². The molecule has 1 heterocycles. The number of amides is 1. The van der Waals surface area contributed by atoms with Gasteiger partial charge in [0, 0.05) is 18.8 Å². The van der Waals surface area contributed by atoms with Crippen molar-refractivity contribution < 1.29 is 9.90 Å². The number of piperidine rings is 1. The number of nitrogens with one attached hydrogen (secondary N) is 1. The molecule has 1 aliphatic rings. The number of aliphatic hydroxyl groups is 1. The summed E-state index contributed by atoms with van der Waals surface area (Å²) in [5.41, 5.74) is 3.37. The minimum Gasteiger partial charge on any atom is -0.396 e. The molecule has 0 aliphatic carbocycles. The van der Waals surface area contributed by atoms with E-state index in [2.05, 4.69) is 42.3 Å². The molecule has 1 aromatic carbocycles. The number of hydrogen-bond donors (Lipinski definition) is 2. The number of nitrogens with zero attached hydrogens (tertiary/aromatic N) is 1. The number of benzene rings is 1. The third kappa shape index (κ3) is 4.33. The molecule has 1 aromatic rings. The van der Waals surface area contributed by atoms with E-state index in [4.69, 9.17) is 0 Å². The first-order chi connectivity index (χ1) is 11.1. The van der Waals surface area contributed by atoms with Crippen molar-refractivity contribution >= 4 is 11.6 Å². The number of carbonyl (C=O) groups is 1. The number of likely N-dealkylation sites (tertiary alicyclic amines) is 1. The Morgan fingerprint density at radius 3 is 2.57 bits per heavy atom. The zero-order valence-corrected chi connectivity index (χ0v) is 14.6. The fourth-order valence-electron chi connectivity index (χ4n) is 3.39. The first-order valence-electron chi connectivity index (χ1n) is 8.87. The van der Waals surface area contributed by atoms with Crippen LogP contribution in [0.5, 0.6) is 0 Å². The van der Waals surface area contributed by atoms with E-state index in [-0.39, 0.29) is 18.6 Å². The summed E-state index contributed by atoms with van der Waals surface area (Å²) in [6.45, 7) is 8.15. The number of aryl methyl sites for hydroxylation is 2. The van der Waals surface area contributed by atoms with Gasteiger partial charge in [-0.05, 0) is 56.2 Å². The molecule has 2 atom stereocenters. The van der Waals surface area contributed by atoms with Crippen molar-refractivity contribution in [2.45, 2.75) is 52.5 Å². The summed E-state index contributed by atoms with van der Waals surface area (Å²) in [5.74, 6) is 0.354. The molecule has 0 saturated carbocycles. The highest BCUT2D eigenvalue weighted by Crippen LogP contribution is 2.24. The molecular weight excluding hydrogens is 288 g/mol. The van der Waals surface area contributed by atoms with Crippen molar-refractivity contribution in [3.05, 3.63) is 29.3 Å². The maximum absolute atomic E-state index is 12.7. The van der Waals surface area contributed by atoms with Crippen LogP contribution in [0.25, 0.3) is 0 Å². The van der Waals surface area contributed by atoms with Gasteiger partial charge >= 0.3 is 0 Å². The summed E-state index contributed by atoms with van der Waals surface area (Å²) < 4.78 is 0. The van der Waals surface area contributed by atoms with Gasteiger partial charge in [0.1, 0.15) is 0 Å². The number of hydrogen-bond acceptors (Lipinski definition) is 3. The van der Waals surface area contributed by atoms with Crippen LogP contribution in [0.2, 0.25) is 0 Å². The van der Waals surface area contributed by atoms with E-state index in [1.165, 1.54) is 11.1 Å². The Morgan fingerprint density at radius 1 is 1.35 bits per heavy atom. The van der Waals surface area contributed by atoms with Gasteiger partial charge in [0.05, 0.1) is 6.04 Å². The lowest BCUT2D eigenvalue weighted by molar-refractivity contribution is -0.121. The summed E-state index contributed by atoms with van der Waals surface area (Å²) in [4.78, 5) is 14.9. The second kappa shape index (κ2) is 8.46. The molecule has 2 rings (SSSR count). The predicted molar refractivity (Wildman–Crippen MR) is 94.7 cm³/mol. The van der Waals surface area contributed by atoms with E-state index >= 15 is 0 Å². The fourth-order valence-corrected chi connectivity index (χ4v) is 3.39.